The maximum absolute atomic E-state index is 12.9. The number of benzene rings is 3. The maximum Gasteiger partial charge on any atom is 0.251 e. The SMILES string of the molecule is O=C(NCCNC(=O)C(c1ccccc1)c1ccccc1)c1cc(O)cc(O)c1. The molecule has 0 heterocycles. The lowest BCUT2D eigenvalue weighted by molar-refractivity contribution is -0.121. The third-order valence-electron chi connectivity index (χ3n) is 4.40. The second-order valence-corrected chi connectivity index (χ2v) is 6.54. The van der Waals surface area contributed by atoms with E-state index in [9.17, 15) is 19.8 Å². The summed E-state index contributed by atoms with van der Waals surface area (Å²) >= 11 is 0. The standard InChI is InChI=1S/C23H22N2O4/c26-19-13-18(14-20(27)15-19)22(28)24-11-12-25-23(29)21(16-7-3-1-4-8-16)17-9-5-2-6-10-17/h1-10,13-15,21,26-27H,11-12H2,(H,24,28)(H,25,29). The molecule has 0 unspecified atom stereocenters. The fourth-order valence-corrected chi connectivity index (χ4v) is 3.08. The molecular weight excluding hydrogens is 368 g/mol. The molecule has 148 valence electrons. The van der Waals surface area contributed by atoms with Crippen molar-refractivity contribution in [3.63, 3.8) is 0 Å². The van der Waals surface area contributed by atoms with Gasteiger partial charge in [0, 0.05) is 24.7 Å². The smallest absolute Gasteiger partial charge is 0.251 e. The summed E-state index contributed by atoms with van der Waals surface area (Å²) in [6, 6.07) is 22.7. The molecule has 0 aromatic heterocycles. The molecule has 0 aliphatic heterocycles. The quantitative estimate of drug-likeness (QED) is 0.466. The van der Waals surface area contributed by atoms with Crippen LogP contribution in [0.2, 0.25) is 0 Å². The minimum absolute atomic E-state index is 0.139. The molecule has 0 fully saturated rings. The molecule has 0 atom stereocenters. The van der Waals surface area contributed by atoms with E-state index in [-0.39, 0.29) is 36.1 Å². The van der Waals surface area contributed by atoms with Gasteiger partial charge in [0.25, 0.3) is 5.91 Å². The first kappa shape index (κ1) is 19.9. The van der Waals surface area contributed by atoms with E-state index in [0.29, 0.717) is 0 Å². The first-order valence-electron chi connectivity index (χ1n) is 9.23. The number of nitrogens with one attached hydrogen (secondary N) is 2. The highest BCUT2D eigenvalue weighted by Crippen LogP contribution is 2.24. The van der Waals surface area contributed by atoms with Gasteiger partial charge in [-0.3, -0.25) is 9.59 Å². The van der Waals surface area contributed by atoms with Crippen molar-refractivity contribution in [1.29, 1.82) is 0 Å². The molecule has 29 heavy (non-hydrogen) atoms. The van der Waals surface area contributed by atoms with E-state index in [0.717, 1.165) is 17.2 Å². The number of hydrogen-bond acceptors (Lipinski definition) is 4. The summed E-state index contributed by atoms with van der Waals surface area (Å²) in [6.45, 7) is 0.447. The van der Waals surface area contributed by atoms with Gasteiger partial charge in [-0.2, -0.15) is 0 Å². The van der Waals surface area contributed by atoms with Gasteiger partial charge in [-0.05, 0) is 23.3 Å². The van der Waals surface area contributed by atoms with Crippen molar-refractivity contribution in [3.05, 3.63) is 95.6 Å². The van der Waals surface area contributed by atoms with Crippen molar-refractivity contribution in [1.82, 2.24) is 10.6 Å². The number of hydrogen-bond donors (Lipinski definition) is 4. The zero-order chi connectivity index (χ0) is 20.6. The second-order valence-electron chi connectivity index (χ2n) is 6.54. The summed E-state index contributed by atoms with van der Waals surface area (Å²) in [5.41, 5.74) is 1.91. The van der Waals surface area contributed by atoms with E-state index >= 15 is 0 Å². The van der Waals surface area contributed by atoms with Crippen molar-refractivity contribution < 1.29 is 19.8 Å². The van der Waals surface area contributed by atoms with Gasteiger partial charge in [-0.1, -0.05) is 60.7 Å². The molecule has 3 aromatic carbocycles. The van der Waals surface area contributed by atoms with Crippen LogP contribution >= 0.6 is 0 Å². The Hall–Kier alpha value is -3.80. The summed E-state index contributed by atoms with van der Waals surface area (Å²) < 4.78 is 0. The predicted molar refractivity (Wildman–Crippen MR) is 110 cm³/mol. The molecule has 0 aliphatic carbocycles. The van der Waals surface area contributed by atoms with Crippen LogP contribution in [0.4, 0.5) is 0 Å². The normalized spacial score (nSPS) is 10.5. The van der Waals surface area contributed by atoms with E-state index in [1.807, 2.05) is 60.7 Å². The minimum Gasteiger partial charge on any atom is -0.508 e. The lowest BCUT2D eigenvalue weighted by Gasteiger charge is -2.18. The highest BCUT2D eigenvalue weighted by molar-refractivity contribution is 5.95. The minimum atomic E-state index is -0.451. The Balaban J connectivity index is 1.60. The summed E-state index contributed by atoms with van der Waals surface area (Å²) in [6.07, 6.45) is 0. The highest BCUT2D eigenvalue weighted by atomic mass is 16.3. The first-order chi connectivity index (χ1) is 14.0. The number of rotatable bonds is 7. The molecule has 0 radical (unpaired) electrons. The maximum atomic E-state index is 12.9. The van der Waals surface area contributed by atoms with E-state index < -0.39 is 11.8 Å². The number of phenols is 2. The second kappa shape index (κ2) is 9.41. The molecular formula is C23H22N2O4. The van der Waals surface area contributed by atoms with Gasteiger partial charge in [0.2, 0.25) is 5.91 Å². The van der Waals surface area contributed by atoms with Crippen molar-refractivity contribution in [3.8, 4) is 11.5 Å². The van der Waals surface area contributed by atoms with Crippen molar-refractivity contribution in [2.75, 3.05) is 13.1 Å². The van der Waals surface area contributed by atoms with Gasteiger partial charge in [0.1, 0.15) is 11.5 Å². The van der Waals surface area contributed by atoms with Crippen LogP contribution < -0.4 is 10.6 Å². The van der Waals surface area contributed by atoms with Gasteiger partial charge in [-0.25, -0.2) is 0 Å². The lowest BCUT2D eigenvalue weighted by Crippen LogP contribution is -2.37. The number of amides is 2. The largest absolute Gasteiger partial charge is 0.508 e. The molecule has 4 N–H and O–H groups in total. The Labute approximate surface area is 168 Å². The molecule has 6 heteroatoms. The summed E-state index contributed by atoms with van der Waals surface area (Å²) in [7, 11) is 0. The Bertz CT molecular complexity index is 915. The van der Waals surface area contributed by atoms with Gasteiger partial charge in [0.15, 0.2) is 0 Å². The number of phenolic OH excluding ortho intramolecular Hbond substituents is 2. The van der Waals surface area contributed by atoms with Crippen LogP contribution in [0.3, 0.4) is 0 Å². The zero-order valence-electron chi connectivity index (χ0n) is 15.7. The number of aromatic hydroxyl groups is 2. The summed E-state index contributed by atoms with van der Waals surface area (Å²) in [4.78, 5) is 25.0. The van der Waals surface area contributed by atoms with Crippen LogP contribution in [0.5, 0.6) is 11.5 Å². The molecule has 0 saturated carbocycles. The van der Waals surface area contributed by atoms with Crippen molar-refractivity contribution >= 4 is 11.8 Å². The Morgan fingerprint density at radius 3 is 1.72 bits per heavy atom. The Morgan fingerprint density at radius 2 is 1.21 bits per heavy atom. The first-order valence-corrected chi connectivity index (χ1v) is 9.23. The molecule has 0 saturated heterocycles. The average molecular weight is 390 g/mol. The highest BCUT2D eigenvalue weighted by Gasteiger charge is 2.22. The van der Waals surface area contributed by atoms with E-state index in [1.165, 1.54) is 12.1 Å². The molecule has 3 aromatic rings. The molecule has 6 nitrogen and oxygen atoms in total. The van der Waals surface area contributed by atoms with Gasteiger partial charge in [0.05, 0.1) is 5.92 Å². The van der Waals surface area contributed by atoms with Gasteiger partial charge >= 0.3 is 0 Å². The van der Waals surface area contributed by atoms with Crippen LogP contribution in [0.15, 0.2) is 78.9 Å². The van der Waals surface area contributed by atoms with Crippen LogP contribution in [-0.4, -0.2) is 35.1 Å². The van der Waals surface area contributed by atoms with Crippen LogP contribution in [-0.2, 0) is 4.79 Å². The number of carbonyl (C=O) groups excluding carboxylic acids is 2. The third-order valence-corrected chi connectivity index (χ3v) is 4.40. The lowest BCUT2D eigenvalue weighted by atomic mass is 9.90. The summed E-state index contributed by atoms with van der Waals surface area (Å²) in [5.74, 6) is -1.45. The molecule has 3 rings (SSSR count). The topological polar surface area (TPSA) is 98.7 Å². The van der Waals surface area contributed by atoms with Crippen LogP contribution in [0.1, 0.15) is 27.4 Å². The fourth-order valence-electron chi connectivity index (χ4n) is 3.08. The monoisotopic (exact) mass is 390 g/mol. The third kappa shape index (κ3) is 5.35. The Kier molecular flexibility index (Phi) is 6.47. The Morgan fingerprint density at radius 1 is 0.724 bits per heavy atom. The number of carbonyl (C=O) groups is 2. The van der Waals surface area contributed by atoms with Gasteiger partial charge in [-0.15, -0.1) is 0 Å². The molecule has 0 spiro atoms. The molecule has 2 amide bonds. The van der Waals surface area contributed by atoms with Crippen molar-refractivity contribution in [2.45, 2.75) is 5.92 Å². The molecule has 0 aliphatic rings. The van der Waals surface area contributed by atoms with E-state index in [1.54, 1.807) is 0 Å². The zero-order valence-corrected chi connectivity index (χ0v) is 15.7. The predicted octanol–water partition coefficient (Wildman–Crippen LogP) is 2.78. The van der Waals surface area contributed by atoms with Crippen LogP contribution in [0.25, 0.3) is 0 Å². The molecule has 0 bridgehead atoms. The van der Waals surface area contributed by atoms with Crippen LogP contribution in [0, 0.1) is 0 Å². The summed E-state index contributed by atoms with van der Waals surface area (Å²) in [5, 5.41) is 24.4. The van der Waals surface area contributed by atoms with E-state index in [4.69, 9.17) is 0 Å². The van der Waals surface area contributed by atoms with E-state index in [2.05, 4.69) is 10.6 Å². The van der Waals surface area contributed by atoms with Crippen molar-refractivity contribution in [2.24, 2.45) is 0 Å². The fraction of sp³-hybridized carbons (Fsp3) is 0.130. The average Bonchev–Trinajstić information content (AvgIpc) is 2.72. The van der Waals surface area contributed by atoms with Gasteiger partial charge < -0.3 is 20.8 Å².